The Hall–Kier alpha value is -1.83. The van der Waals surface area contributed by atoms with Crippen molar-refractivity contribution in [1.82, 2.24) is 20.4 Å². The van der Waals surface area contributed by atoms with Gasteiger partial charge in [-0.2, -0.15) is 0 Å². The monoisotopic (exact) mass is 428 g/mol. The Morgan fingerprint density at radius 3 is 2.77 bits per heavy atom. The van der Waals surface area contributed by atoms with E-state index >= 15 is 0 Å². The van der Waals surface area contributed by atoms with Crippen molar-refractivity contribution >= 4 is 17.4 Å². The van der Waals surface area contributed by atoms with Gasteiger partial charge in [-0.25, -0.2) is 9.97 Å². The fourth-order valence-electron chi connectivity index (χ4n) is 5.97. The molecule has 0 unspecified atom stereocenters. The third kappa shape index (κ3) is 2.58. The van der Waals surface area contributed by atoms with Crippen LogP contribution in [0.2, 0.25) is 5.15 Å². The van der Waals surface area contributed by atoms with Crippen molar-refractivity contribution in [3.8, 4) is 11.5 Å². The largest absolute Gasteiger partial charge is 0.380 e. The van der Waals surface area contributed by atoms with Crippen LogP contribution < -0.4 is 5.32 Å². The van der Waals surface area contributed by atoms with Crippen LogP contribution in [0.4, 0.5) is 0 Å². The Morgan fingerprint density at radius 1 is 1.03 bits per heavy atom. The first-order valence-electron chi connectivity index (χ1n) is 11.0. The second kappa shape index (κ2) is 6.84. The molecule has 0 amide bonds. The molecule has 158 valence electrons. The number of halogens is 1. The summed E-state index contributed by atoms with van der Waals surface area (Å²) in [6.45, 7) is 2.84. The molecule has 8 heteroatoms. The fraction of sp³-hybridized carbons (Fsp3) is 0.636. The summed E-state index contributed by atoms with van der Waals surface area (Å²) in [5.41, 5.74) is 2.91. The van der Waals surface area contributed by atoms with Crippen molar-refractivity contribution in [3.63, 3.8) is 0 Å². The summed E-state index contributed by atoms with van der Waals surface area (Å²) in [5, 5.41) is 8.31. The summed E-state index contributed by atoms with van der Waals surface area (Å²) in [6.07, 6.45) is 7.05. The van der Waals surface area contributed by atoms with E-state index in [1.165, 1.54) is 0 Å². The minimum Gasteiger partial charge on any atom is -0.380 e. The molecule has 2 spiro atoms. The van der Waals surface area contributed by atoms with E-state index < -0.39 is 5.41 Å². The maximum atomic E-state index is 12.9. The Kier molecular flexibility index (Phi) is 4.31. The lowest BCUT2D eigenvalue weighted by atomic mass is 9.64. The number of fused-ring (bicyclic) bond motifs is 4. The number of hydrogen-bond donors (Lipinski definition) is 1. The van der Waals surface area contributed by atoms with E-state index in [2.05, 4.69) is 15.5 Å². The highest BCUT2D eigenvalue weighted by Gasteiger charge is 2.49. The molecule has 1 N–H and O–H groups in total. The summed E-state index contributed by atoms with van der Waals surface area (Å²) in [7, 11) is 0. The van der Waals surface area contributed by atoms with Gasteiger partial charge in [-0.1, -0.05) is 23.2 Å². The Balaban J connectivity index is 1.48. The first-order valence-corrected chi connectivity index (χ1v) is 11.4. The number of Topliss-reactive ketones (excluding diaryl/α,β-unsaturated/α-hetero) is 1. The zero-order valence-corrected chi connectivity index (χ0v) is 17.7. The molecule has 2 aliphatic heterocycles. The van der Waals surface area contributed by atoms with E-state index in [-0.39, 0.29) is 5.41 Å². The van der Waals surface area contributed by atoms with Gasteiger partial charge in [-0.05, 0) is 38.5 Å². The zero-order valence-electron chi connectivity index (χ0n) is 16.9. The quantitative estimate of drug-likeness (QED) is 0.697. The normalized spacial score (nSPS) is 30.6. The van der Waals surface area contributed by atoms with Gasteiger partial charge in [0.1, 0.15) is 10.9 Å². The fourth-order valence-corrected chi connectivity index (χ4v) is 6.21. The average molecular weight is 429 g/mol. The summed E-state index contributed by atoms with van der Waals surface area (Å²) in [5.74, 6) is 1.57. The van der Waals surface area contributed by atoms with Crippen LogP contribution in [-0.2, 0) is 33.3 Å². The molecule has 0 aromatic carbocycles. The van der Waals surface area contributed by atoms with Gasteiger partial charge in [-0.15, -0.1) is 0 Å². The van der Waals surface area contributed by atoms with Crippen molar-refractivity contribution in [3.05, 3.63) is 27.7 Å². The van der Waals surface area contributed by atoms with Crippen LogP contribution in [0, 0.1) is 0 Å². The number of carbonyl (C=O) groups is 1. The predicted molar refractivity (Wildman–Crippen MR) is 109 cm³/mol. The standard InChI is InChI=1S/C22H25ClN4O3/c23-19-14-10-24-11-21(8-9-29-12-21)17(14)25-20(26-19)16-13-4-3-7-22(18(13)30-27-16)6-2-1-5-15(22)28/h24H,1-12H2/t21-,22+/m0/s1. The number of rotatable bonds is 1. The predicted octanol–water partition coefficient (Wildman–Crippen LogP) is 3.26. The molecule has 2 fully saturated rings. The number of ether oxygens (including phenoxy) is 1. The molecule has 0 bridgehead atoms. The third-order valence-corrected chi connectivity index (χ3v) is 7.90. The highest BCUT2D eigenvalue weighted by Crippen LogP contribution is 2.48. The SMILES string of the molecule is O=C1CCCC[C@@]12CCCc1c(-c3nc(Cl)c4c(n3)[C@@]3(CCOC3)CNC4)noc12. The molecular formula is C22H25ClN4O3. The second-order valence-electron chi connectivity index (χ2n) is 9.26. The van der Waals surface area contributed by atoms with Crippen LogP contribution in [0.1, 0.15) is 67.5 Å². The zero-order chi connectivity index (χ0) is 20.3. The van der Waals surface area contributed by atoms with Crippen LogP contribution in [0.3, 0.4) is 0 Å². The number of aromatic nitrogens is 3. The van der Waals surface area contributed by atoms with Gasteiger partial charge in [0.05, 0.1) is 23.1 Å². The van der Waals surface area contributed by atoms with Crippen molar-refractivity contribution in [1.29, 1.82) is 0 Å². The lowest BCUT2D eigenvalue weighted by Gasteiger charge is -2.36. The summed E-state index contributed by atoms with van der Waals surface area (Å²) < 4.78 is 11.6. The molecule has 1 saturated carbocycles. The van der Waals surface area contributed by atoms with Gasteiger partial charge in [0.25, 0.3) is 0 Å². The topological polar surface area (TPSA) is 90.1 Å². The third-order valence-electron chi connectivity index (χ3n) is 7.58. The number of ketones is 1. The van der Waals surface area contributed by atoms with Crippen molar-refractivity contribution in [2.75, 3.05) is 19.8 Å². The average Bonchev–Trinajstić information content (AvgIpc) is 3.40. The van der Waals surface area contributed by atoms with E-state index in [9.17, 15) is 4.79 Å². The number of hydrogen-bond acceptors (Lipinski definition) is 7. The van der Waals surface area contributed by atoms with E-state index in [0.29, 0.717) is 42.0 Å². The molecule has 6 rings (SSSR count). The van der Waals surface area contributed by atoms with Crippen molar-refractivity contribution < 1.29 is 14.1 Å². The lowest BCUT2D eigenvalue weighted by Crippen LogP contribution is -2.45. The summed E-state index contributed by atoms with van der Waals surface area (Å²) in [4.78, 5) is 22.5. The molecule has 2 aromatic rings. The van der Waals surface area contributed by atoms with Crippen LogP contribution in [0.15, 0.2) is 4.52 Å². The van der Waals surface area contributed by atoms with E-state index in [1.807, 2.05) is 0 Å². The summed E-state index contributed by atoms with van der Waals surface area (Å²) in [6, 6.07) is 0. The number of carbonyl (C=O) groups excluding carboxylic acids is 1. The van der Waals surface area contributed by atoms with Crippen LogP contribution in [0.5, 0.6) is 0 Å². The van der Waals surface area contributed by atoms with Gasteiger partial charge < -0.3 is 14.6 Å². The maximum Gasteiger partial charge on any atom is 0.183 e. The minimum absolute atomic E-state index is 0.167. The Morgan fingerprint density at radius 2 is 1.93 bits per heavy atom. The molecule has 0 radical (unpaired) electrons. The molecular weight excluding hydrogens is 404 g/mol. The van der Waals surface area contributed by atoms with Crippen molar-refractivity contribution in [2.24, 2.45) is 0 Å². The molecule has 30 heavy (non-hydrogen) atoms. The molecule has 4 heterocycles. The number of nitrogens with one attached hydrogen (secondary N) is 1. The van der Waals surface area contributed by atoms with Crippen LogP contribution in [-0.4, -0.2) is 40.7 Å². The Bertz CT molecular complexity index is 1030. The lowest BCUT2D eigenvalue weighted by molar-refractivity contribution is -0.128. The maximum absolute atomic E-state index is 12.9. The molecule has 2 aromatic heterocycles. The molecule has 2 aliphatic carbocycles. The number of nitrogens with zero attached hydrogens (tertiary/aromatic N) is 3. The highest BCUT2D eigenvalue weighted by atomic mass is 35.5. The van der Waals surface area contributed by atoms with Gasteiger partial charge in [-0.3, -0.25) is 4.79 Å². The van der Waals surface area contributed by atoms with E-state index in [1.54, 1.807) is 0 Å². The minimum atomic E-state index is -0.500. The van der Waals surface area contributed by atoms with Gasteiger partial charge in [0.15, 0.2) is 17.3 Å². The first-order chi connectivity index (χ1) is 14.6. The van der Waals surface area contributed by atoms with Crippen LogP contribution in [0.25, 0.3) is 11.5 Å². The van der Waals surface area contributed by atoms with E-state index in [4.69, 9.17) is 25.8 Å². The van der Waals surface area contributed by atoms with E-state index in [0.717, 1.165) is 80.7 Å². The smallest absolute Gasteiger partial charge is 0.183 e. The molecule has 2 atom stereocenters. The Labute approximate surface area is 179 Å². The molecule has 7 nitrogen and oxygen atoms in total. The van der Waals surface area contributed by atoms with Gasteiger partial charge >= 0.3 is 0 Å². The van der Waals surface area contributed by atoms with Crippen molar-refractivity contribution in [2.45, 2.75) is 68.7 Å². The second-order valence-corrected chi connectivity index (χ2v) is 9.61. The van der Waals surface area contributed by atoms with Gasteiger partial charge in [0, 0.05) is 37.2 Å². The van der Waals surface area contributed by atoms with Gasteiger partial charge in [0.2, 0.25) is 0 Å². The molecule has 4 aliphatic rings. The highest BCUT2D eigenvalue weighted by molar-refractivity contribution is 6.30. The van der Waals surface area contributed by atoms with Crippen LogP contribution >= 0.6 is 11.6 Å². The first kappa shape index (κ1) is 18.9. The molecule has 1 saturated heterocycles. The summed E-state index contributed by atoms with van der Waals surface area (Å²) >= 11 is 6.63.